The molecular formula is C15H15N3O3. The van der Waals surface area contributed by atoms with Gasteiger partial charge in [0.25, 0.3) is 0 Å². The molecule has 2 amide bonds. The highest BCUT2D eigenvalue weighted by Gasteiger charge is 2.11. The fraction of sp³-hybridized carbons (Fsp3) is 0.133. The van der Waals surface area contributed by atoms with Crippen molar-refractivity contribution in [3.63, 3.8) is 0 Å². The number of furan rings is 1. The van der Waals surface area contributed by atoms with Crippen molar-refractivity contribution in [2.24, 2.45) is 5.10 Å². The van der Waals surface area contributed by atoms with Crippen LogP contribution in [0.15, 0.2) is 52.2 Å². The monoisotopic (exact) mass is 285 g/mol. The Morgan fingerprint density at radius 3 is 2.62 bits per heavy atom. The van der Waals surface area contributed by atoms with Gasteiger partial charge in [0, 0.05) is 6.54 Å². The van der Waals surface area contributed by atoms with E-state index in [-0.39, 0.29) is 6.54 Å². The van der Waals surface area contributed by atoms with E-state index in [1.54, 1.807) is 12.1 Å². The highest BCUT2D eigenvalue weighted by atomic mass is 16.3. The molecule has 0 saturated heterocycles. The first-order valence-electron chi connectivity index (χ1n) is 6.35. The van der Waals surface area contributed by atoms with Gasteiger partial charge in [0.1, 0.15) is 5.76 Å². The lowest BCUT2D eigenvalue weighted by molar-refractivity contribution is -0.139. The molecule has 0 aliphatic carbocycles. The smallest absolute Gasteiger partial charge is 0.329 e. The summed E-state index contributed by atoms with van der Waals surface area (Å²) in [5.74, 6) is -1.09. The van der Waals surface area contributed by atoms with Gasteiger partial charge in [-0.15, -0.1) is 0 Å². The first kappa shape index (κ1) is 14.5. The van der Waals surface area contributed by atoms with Gasteiger partial charge in [-0.3, -0.25) is 9.59 Å². The zero-order valence-electron chi connectivity index (χ0n) is 11.5. The highest BCUT2D eigenvalue weighted by Crippen LogP contribution is 2.02. The van der Waals surface area contributed by atoms with Crippen molar-refractivity contribution < 1.29 is 14.0 Å². The summed E-state index contributed by atoms with van der Waals surface area (Å²) in [7, 11) is 0. The highest BCUT2D eigenvalue weighted by molar-refractivity contribution is 6.35. The van der Waals surface area contributed by atoms with E-state index >= 15 is 0 Å². The number of carbonyl (C=O) groups excluding carboxylic acids is 2. The van der Waals surface area contributed by atoms with Crippen LogP contribution in [0.1, 0.15) is 16.9 Å². The van der Waals surface area contributed by atoms with E-state index in [1.165, 1.54) is 12.5 Å². The van der Waals surface area contributed by atoms with E-state index in [9.17, 15) is 9.59 Å². The standard InChI is InChI=1S/C15H15N3O3/c1-11-4-6-12(7-5-11)9-16-14(19)15(20)18-17-10-13-3-2-8-21-13/h2-8,10H,9H2,1H3,(H,16,19)(H,18,20). The van der Waals surface area contributed by atoms with E-state index in [0.717, 1.165) is 11.1 Å². The van der Waals surface area contributed by atoms with Crippen LogP contribution < -0.4 is 10.7 Å². The van der Waals surface area contributed by atoms with Crippen molar-refractivity contribution >= 4 is 18.0 Å². The third kappa shape index (κ3) is 4.61. The van der Waals surface area contributed by atoms with Crippen LogP contribution in [0.5, 0.6) is 0 Å². The Morgan fingerprint density at radius 2 is 1.95 bits per heavy atom. The number of carbonyl (C=O) groups is 2. The van der Waals surface area contributed by atoms with Gasteiger partial charge in [-0.2, -0.15) is 5.10 Å². The summed E-state index contributed by atoms with van der Waals surface area (Å²) in [6.07, 6.45) is 2.79. The summed E-state index contributed by atoms with van der Waals surface area (Å²) >= 11 is 0. The topological polar surface area (TPSA) is 83.7 Å². The van der Waals surface area contributed by atoms with Crippen molar-refractivity contribution in [3.8, 4) is 0 Å². The van der Waals surface area contributed by atoms with Crippen LogP contribution in [0, 0.1) is 6.92 Å². The summed E-state index contributed by atoms with van der Waals surface area (Å²) in [6.45, 7) is 2.27. The van der Waals surface area contributed by atoms with Crippen LogP contribution in [0.4, 0.5) is 0 Å². The summed E-state index contributed by atoms with van der Waals surface area (Å²) < 4.78 is 4.99. The molecule has 0 aliphatic rings. The number of aryl methyl sites for hydroxylation is 1. The molecule has 1 aromatic heterocycles. The van der Waals surface area contributed by atoms with Gasteiger partial charge in [0.2, 0.25) is 0 Å². The lowest BCUT2D eigenvalue weighted by Crippen LogP contribution is -2.37. The molecule has 0 radical (unpaired) electrons. The number of nitrogens with zero attached hydrogens (tertiary/aromatic N) is 1. The van der Waals surface area contributed by atoms with Crippen molar-refractivity contribution in [3.05, 3.63) is 59.5 Å². The van der Waals surface area contributed by atoms with Crippen LogP contribution in [0.2, 0.25) is 0 Å². The van der Waals surface area contributed by atoms with Gasteiger partial charge >= 0.3 is 11.8 Å². The van der Waals surface area contributed by atoms with E-state index in [4.69, 9.17) is 4.42 Å². The van der Waals surface area contributed by atoms with Crippen molar-refractivity contribution in [2.45, 2.75) is 13.5 Å². The van der Waals surface area contributed by atoms with E-state index in [2.05, 4.69) is 15.8 Å². The molecule has 1 aromatic carbocycles. The lowest BCUT2D eigenvalue weighted by Gasteiger charge is -2.04. The van der Waals surface area contributed by atoms with Crippen molar-refractivity contribution in [1.29, 1.82) is 0 Å². The van der Waals surface area contributed by atoms with Gasteiger partial charge < -0.3 is 9.73 Å². The fourth-order valence-electron chi connectivity index (χ4n) is 1.54. The number of hydrogen-bond acceptors (Lipinski definition) is 4. The van der Waals surface area contributed by atoms with Crippen molar-refractivity contribution in [2.75, 3.05) is 0 Å². The molecule has 2 aromatic rings. The number of nitrogens with one attached hydrogen (secondary N) is 2. The van der Waals surface area contributed by atoms with Gasteiger partial charge in [0.15, 0.2) is 0 Å². The summed E-state index contributed by atoms with van der Waals surface area (Å²) in [5, 5.41) is 6.14. The minimum Gasteiger partial charge on any atom is -0.463 e. The molecular weight excluding hydrogens is 270 g/mol. The minimum atomic E-state index is -0.829. The average Bonchev–Trinajstić information content (AvgIpc) is 2.99. The van der Waals surface area contributed by atoms with Crippen LogP contribution in [-0.4, -0.2) is 18.0 Å². The Hall–Kier alpha value is -2.89. The predicted molar refractivity (Wildman–Crippen MR) is 77.5 cm³/mol. The van der Waals surface area contributed by atoms with Crippen LogP contribution in [-0.2, 0) is 16.1 Å². The minimum absolute atomic E-state index is 0.286. The fourth-order valence-corrected chi connectivity index (χ4v) is 1.54. The molecule has 6 heteroatoms. The Bertz CT molecular complexity index is 631. The first-order chi connectivity index (χ1) is 10.1. The molecule has 2 rings (SSSR count). The second-order valence-corrected chi connectivity index (χ2v) is 4.38. The van der Waals surface area contributed by atoms with Gasteiger partial charge in [0.05, 0.1) is 12.5 Å². The van der Waals surface area contributed by atoms with E-state index < -0.39 is 11.8 Å². The molecule has 1 heterocycles. The second-order valence-electron chi connectivity index (χ2n) is 4.38. The lowest BCUT2D eigenvalue weighted by atomic mass is 10.1. The number of amides is 2. The SMILES string of the molecule is Cc1ccc(CNC(=O)C(=O)NN=Cc2ccco2)cc1. The zero-order chi connectivity index (χ0) is 15.1. The predicted octanol–water partition coefficient (Wildman–Crippen LogP) is 1.35. The maximum Gasteiger partial charge on any atom is 0.329 e. The second kappa shape index (κ2) is 7.04. The zero-order valence-corrected chi connectivity index (χ0v) is 11.5. The molecule has 6 nitrogen and oxygen atoms in total. The number of benzene rings is 1. The number of hydrogen-bond donors (Lipinski definition) is 2. The summed E-state index contributed by atoms with van der Waals surface area (Å²) in [4.78, 5) is 23.0. The molecule has 0 spiro atoms. The largest absolute Gasteiger partial charge is 0.463 e. The van der Waals surface area contributed by atoms with Crippen LogP contribution in [0.3, 0.4) is 0 Å². The molecule has 108 valence electrons. The van der Waals surface area contributed by atoms with Gasteiger partial charge in [-0.05, 0) is 24.6 Å². The molecule has 0 aliphatic heterocycles. The third-order valence-electron chi connectivity index (χ3n) is 2.68. The molecule has 0 bridgehead atoms. The molecule has 0 atom stereocenters. The summed E-state index contributed by atoms with van der Waals surface area (Å²) in [5.41, 5.74) is 4.18. The van der Waals surface area contributed by atoms with Gasteiger partial charge in [-0.25, -0.2) is 5.43 Å². The maximum atomic E-state index is 11.6. The Balaban J connectivity index is 1.77. The normalized spacial score (nSPS) is 10.5. The van der Waals surface area contributed by atoms with Gasteiger partial charge in [-0.1, -0.05) is 29.8 Å². The Kier molecular flexibility index (Phi) is 4.87. The molecule has 0 fully saturated rings. The quantitative estimate of drug-likeness (QED) is 0.505. The van der Waals surface area contributed by atoms with Crippen LogP contribution in [0.25, 0.3) is 0 Å². The summed E-state index contributed by atoms with van der Waals surface area (Å²) in [6, 6.07) is 11.0. The van der Waals surface area contributed by atoms with E-state index in [0.29, 0.717) is 5.76 Å². The molecule has 0 saturated carbocycles. The van der Waals surface area contributed by atoms with Crippen molar-refractivity contribution in [1.82, 2.24) is 10.7 Å². The third-order valence-corrected chi connectivity index (χ3v) is 2.68. The number of rotatable bonds is 4. The molecule has 0 unspecified atom stereocenters. The molecule has 2 N–H and O–H groups in total. The van der Waals surface area contributed by atoms with Crippen LogP contribution >= 0.6 is 0 Å². The maximum absolute atomic E-state index is 11.6. The van der Waals surface area contributed by atoms with E-state index in [1.807, 2.05) is 31.2 Å². The average molecular weight is 285 g/mol. The Labute approximate surface area is 121 Å². The Morgan fingerprint density at radius 1 is 1.19 bits per heavy atom. The first-order valence-corrected chi connectivity index (χ1v) is 6.35. The molecule has 21 heavy (non-hydrogen) atoms. The number of hydrazone groups is 1.